The summed E-state index contributed by atoms with van der Waals surface area (Å²) in [5, 5.41) is 8.13. The van der Waals surface area contributed by atoms with Gasteiger partial charge in [-0.3, -0.25) is 24.0 Å². The number of ketones is 1. The van der Waals surface area contributed by atoms with E-state index < -0.39 is 65.9 Å². The third-order valence-electron chi connectivity index (χ3n) is 7.51. The topological polar surface area (TPSA) is 172 Å². The highest BCUT2D eigenvalue weighted by atomic mass is 19.1. The van der Waals surface area contributed by atoms with Crippen LogP contribution in [0.5, 0.6) is 0 Å². The molecular formula is C28H35F2N5O6. The molecule has 4 atom stereocenters. The zero-order valence-corrected chi connectivity index (χ0v) is 22.9. The Morgan fingerprint density at radius 2 is 1.78 bits per heavy atom. The molecule has 1 aromatic heterocycles. The highest BCUT2D eigenvalue weighted by Crippen LogP contribution is 2.34. The summed E-state index contributed by atoms with van der Waals surface area (Å²) < 4.78 is 32.8. The maximum absolute atomic E-state index is 14.1. The van der Waals surface area contributed by atoms with Crippen molar-refractivity contribution in [2.75, 3.05) is 13.2 Å². The van der Waals surface area contributed by atoms with Gasteiger partial charge in [0.25, 0.3) is 5.91 Å². The van der Waals surface area contributed by atoms with E-state index in [-0.39, 0.29) is 40.8 Å². The molecule has 1 unspecified atom stereocenters. The zero-order chi connectivity index (χ0) is 29.8. The number of aromatic amines is 1. The van der Waals surface area contributed by atoms with Crippen molar-refractivity contribution in [1.29, 1.82) is 0 Å². The molecule has 6 N–H and O–H groups in total. The molecule has 13 heteroatoms. The lowest BCUT2D eigenvalue weighted by atomic mass is 9.95. The number of nitrogens with one attached hydrogen (secondary N) is 4. The van der Waals surface area contributed by atoms with Gasteiger partial charge < -0.3 is 31.4 Å². The molecule has 11 nitrogen and oxygen atoms in total. The van der Waals surface area contributed by atoms with Crippen LogP contribution in [0.4, 0.5) is 8.78 Å². The van der Waals surface area contributed by atoms with Crippen molar-refractivity contribution in [2.24, 2.45) is 23.5 Å². The minimum atomic E-state index is -1.16. The van der Waals surface area contributed by atoms with Crippen LogP contribution >= 0.6 is 0 Å². The second-order valence-electron chi connectivity index (χ2n) is 11.2. The summed E-state index contributed by atoms with van der Waals surface area (Å²) in [5.41, 5.74) is 5.67. The molecule has 1 aliphatic heterocycles. The molecular weight excluding hydrogens is 540 g/mol. The van der Waals surface area contributed by atoms with Gasteiger partial charge in [-0.2, -0.15) is 0 Å². The molecule has 0 radical (unpaired) electrons. The Balaban J connectivity index is 1.47. The van der Waals surface area contributed by atoms with Crippen LogP contribution in [0.25, 0.3) is 10.9 Å². The molecule has 2 aromatic rings. The van der Waals surface area contributed by atoms with Gasteiger partial charge >= 0.3 is 5.97 Å². The Hall–Kier alpha value is -3.87. The van der Waals surface area contributed by atoms with Gasteiger partial charge in [-0.05, 0) is 43.2 Å². The third kappa shape index (κ3) is 7.66. The van der Waals surface area contributed by atoms with Crippen molar-refractivity contribution in [3.05, 3.63) is 35.5 Å². The number of aromatic nitrogens is 1. The molecule has 1 aromatic carbocycles. The second-order valence-corrected chi connectivity index (χ2v) is 11.2. The summed E-state index contributed by atoms with van der Waals surface area (Å²) in [6.07, 6.45) is 2.49. The van der Waals surface area contributed by atoms with Crippen LogP contribution in [0.3, 0.4) is 0 Å². The summed E-state index contributed by atoms with van der Waals surface area (Å²) in [4.78, 5) is 66.6. The number of hydrogen-bond acceptors (Lipinski definition) is 7. The van der Waals surface area contributed by atoms with E-state index in [9.17, 15) is 32.8 Å². The molecule has 3 amide bonds. The molecule has 4 rings (SSSR count). The van der Waals surface area contributed by atoms with Crippen LogP contribution in [0, 0.1) is 29.4 Å². The van der Waals surface area contributed by atoms with Gasteiger partial charge in [0, 0.05) is 23.9 Å². The fraction of sp³-hybridized carbons (Fsp3) is 0.536. The number of benzene rings is 1. The number of rotatable bonds is 13. The number of carbonyl (C=O) groups is 5. The first-order chi connectivity index (χ1) is 19.4. The Bertz CT molecular complexity index is 1340. The van der Waals surface area contributed by atoms with Gasteiger partial charge in [-0.25, -0.2) is 8.78 Å². The van der Waals surface area contributed by atoms with E-state index in [1.54, 1.807) is 13.8 Å². The van der Waals surface area contributed by atoms with Crippen molar-refractivity contribution in [1.82, 2.24) is 20.9 Å². The van der Waals surface area contributed by atoms with Crippen molar-refractivity contribution >= 4 is 40.4 Å². The Kier molecular flexibility index (Phi) is 9.36. The first kappa shape index (κ1) is 30.1. The summed E-state index contributed by atoms with van der Waals surface area (Å²) in [6, 6.07) is -0.0834. The number of fused-ring (bicyclic) bond motifs is 1. The van der Waals surface area contributed by atoms with Gasteiger partial charge in [-0.15, -0.1) is 0 Å². The standard InChI is InChI=1S/C28H35F2N5O6/c1-13(2)23(31)28(40)41-12-22(36)19(9-15-5-6-32-25(15)37)34-26(38)20(7-14-3-4-14)35-27(39)21-10-16-8-17(29)11-18(30)24(16)33-21/h8,10-11,13-15,19-20,23,33H,3-7,9,12,31H2,1-2H3,(H,32,37)(H,34,38)(H,35,39)/t15-,19-,20-,23?/m0/s1. The molecule has 1 saturated heterocycles. The van der Waals surface area contributed by atoms with Crippen LogP contribution in [-0.4, -0.2) is 65.7 Å². The first-order valence-electron chi connectivity index (χ1n) is 13.7. The summed E-state index contributed by atoms with van der Waals surface area (Å²) >= 11 is 0. The number of amides is 3. The third-order valence-corrected chi connectivity index (χ3v) is 7.51. The fourth-order valence-corrected chi connectivity index (χ4v) is 4.75. The molecule has 0 bridgehead atoms. The molecule has 222 valence electrons. The smallest absolute Gasteiger partial charge is 0.323 e. The van der Waals surface area contributed by atoms with Crippen molar-refractivity contribution in [2.45, 2.75) is 64.1 Å². The minimum absolute atomic E-state index is 0.0128. The molecule has 2 heterocycles. The SMILES string of the molecule is CC(C)C(N)C(=O)OCC(=O)[C@H](C[C@@H]1CCNC1=O)NC(=O)[C@H](CC1CC1)NC(=O)c1cc2cc(F)cc(F)c2[nH]1. The number of hydrogen-bond donors (Lipinski definition) is 5. The van der Waals surface area contributed by atoms with Crippen LogP contribution in [0.15, 0.2) is 18.2 Å². The van der Waals surface area contributed by atoms with Crippen LogP contribution in [-0.2, 0) is 23.9 Å². The number of ether oxygens (including phenoxy) is 1. The number of Topliss-reactive ketones (excluding diaryl/α,β-unsaturated/α-hetero) is 1. The predicted molar refractivity (Wildman–Crippen MR) is 143 cm³/mol. The summed E-state index contributed by atoms with van der Waals surface area (Å²) in [5.74, 6) is -5.20. The lowest BCUT2D eigenvalue weighted by Crippen LogP contribution is -2.53. The quantitative estimate of drug-likeness (QED) is 0.225. The lowest BCUT2D eigenvalue weighted by Gasteiger charge is -2.24. The molecule has 0 spiro atoms. The number of H-pyrrole nitrogens is 1. The van der Waals surface area contributed by atoms with Crippen molar-refractivity contribution in [3.63, 3.8) is 0 Å². The van der Waals surface area contributed by atoms with Gasteiger partial charge in [-0.1, -0.05) is 26.7 Å². The molecule has 2 aliphatic rings. The number of carbonyl (C=O) groups excluding carboxylic acids is 5. The summed E-state index contributed by atoms with van der Waals surface area (Å²) in [7, 11) is 0. The Labute approximate surface area is 235 Å². The van der Waals surface area contributed by atoms with Crippen LogP contribution in [0.2, 0.25) is 0 Å². The van der Waals surface area contributed by atoms with E-state index in [4.69, 9.17) is 10.5 Å². The highest BCUT2D eigenvalue weighted by Gasteiger charge is 2.36. The van der Waals surface area contributed by atoms with Gasteiger partial charge in [0.05, 0.1) is 11.6 Å². The van der Waals surface area contributed by atoms with Gasteiger partial charge in [0.1, 0.15) is 29.4 Å². The second kappa shape index (κ2) is 12.8. The minimum Gasteiger partial charge on any atom is -0.456 e. The van der Waals surface area contributed by atoms with Gasteiger partial charge in [0.2, 0.25) is 11.8 Å². The molecule has 2 fully saturated rings. The lowest BCUT2D eigenvalue weighted by molar-refractivity contribution is -0.151. The zero-order valence-electron chi connectivity index (χ0n) is 22.9. The highest BCUT2D eigenvalue weighted by molar-refractivity contribution is 6.01. The fourth-order valence-electron chi connectivity index (χ4n) is 4.75. The molecule has 1 aliphatic carbocycles. The average molecular weight is 576 g/mol. The van der Waals surface area contributed by atoms with Crippen LogP contribution < -0.4 is 21.7 Å². The molecule has 41 heavy (non-hydrogen) atoms. The predicted octanol–water partition coefficient (Wildman–Crippen LogP) is 1.45. The van der Waals surface area contributed by atoms with Crippen LogP contribution in [0.1, 0.15) is 56.4 Å². The van der Waals surface area contributed by atoms with E-state index in [0.717, 1.165) is 18.9 Å². The first-order valence-corrected chi connectivity index (χ1v) is 13.7. The van der Waals surface area contributed by atoms with E-state index in [2.05, 4.69) is 20.9 Å². The number of esters is 1. The maximum atomic E-state index is 14.1. The number of halogens is 2. The largest absolute Gasteiger partial charge is 0.456 e. The van der Waals surface area contributed by atoms with E-state index in [1.165, 1.54) is 6.07 Å². The molecule has 1 saturated carbocycles. The monoisotopic (exact) mass is 575 g/mol. The van der Waals surface area contributed by atoms with Crippen molar-refractivity contribution < 1.29 is 37.5 Å². The van der Waals surface area contributed by atoms with Crippen molar-refractivity contribution in [3.8, 4) is 0 Å². The van der Waals surface area contributed by atoms with Gasteiger partial charge in [0.15, 0.2) is 12.4 Å². The number of nitrogens with two attached hydrogens (primary N) is 1. The normalized spacial score (nSPS) is 19.0. The average Bonchev–Trinajstić information content (AvgIpc) is 3.48. The van der Waals surface area contributed by atoms with E-state index in [1.807, 2.05) is 0 Å². The van der Waals surface area contributed by atoms with E-state index in [0.29, 0.717) is 25.5 Å². The Morgan fingerprint density at radius 3 is 2.41 bits per heavy atom. The van der Waals surface area contributed by atoms with E-state index >= 15 is 0 Å². The summed E-state index contributed by atoms with van der Waals surface area (Å²) in [6.45, 7) is 3.25. The maximum Gasteiger partial charge on any atom is 0.323 e. The Morgan fingerprint density at radius 1 is 1.05 bits per heavy atom.